The van der Waals surface area contributed by atoms with Crippen LogP contribution in [-0.4, -0.2) is 29.8 Å². The van der Waals surface area contributed by atoms with E-state index in [9.17, 15) is 5.11 Å². The molecule has 1 unspecified atom stereocenters. The average molecular weight is 337 g/mol. The van der Waals surface area contributed by atoms with E-state index in [1.165, 1.54) is 0 Å². The summed E-state index contributed by atoms with van der Waals surface area (Å²) >= 11 is 5.76. The zero-order valence-corrected chi connectivity index (χ0v) is 14.8. The van der Waals surface area contributed by atoms with Gasteiger partial charge in [0.05, 0.1) is 12.3 Å². The van der Waals surface area contributed by atoms with Crippen LogP contribution in [0.4, 0.5) is 0 Å². The van der Waals surface area contributed by atoms with Crippen molar-refractivity contribution < 1.29 is 9.84 Å². The highest BCUT2D eigenvalue weighted by Gasteiger charge is 2.15. The van der Waals surface area contributed by atoms with Gasteiger partial charge >= 0.3 is 0 Å². The maximum absolute atomic E-state index is 10.4. The number of rotatable bonds is 6. The summed E-state index contributed by atoms with van der Waals surface area (Å²) in [5, 5.41) is 10.8. The van der Waals surface area contributed by atoms with Crippen LogP contribution in [0, 0.1) is 0 Å². The number of nitrogens with zero attached hydrogens (tertiary/aromatic N) is 2. The van der Waals surface area contributed by atoms with Crippen molar-refractivity contribution in [3.8, 4) is 5.88 Å². The fourth-order valence-corrected chi connectivity index (χ4v) is 2.67. The molecule has 0 amide bonds. The summed E-state index contributed by atoms with van der Waals surface area (Å²) < 4.78 is 5.70. The number of pyridine rings is 2. The lowest BCUT2D eigenvalue weighted by atomic mass is 10.1. The predicted octanol–water partition coefficient (Wildman–Crippen LogP) is 3.93. The number of aliphatic hydroxyl groups excluding tert-OH is 1. The van der Waals surface area contributed by atoms with Crippen LogP contribution in [-0.2, 0) is 0 Å². The second kappa shape index (κ2) is 7.22. The summed E-state index contributed by atoms with van der Waals surface area (Å²) in [5.74, 6) is 0.539. The van der Waals surface area contributed by atoms with Crippen molar-refractivity contribution in [1.82, 2.24) is 9.97 Å². The Hall–Kier alpha value is -1.43. The Labute approximate surface area is 137 Å². The molecule has 118 valence electrons. The Kier molecular flexibility index (Phi) is 5.56. The predicted molar refractivity (Wildman–Crippen MR) is 91.2 cm³/mol. The molecule has 22 heavy (non-hydrogen) atoms. The summed E-state index contributed by atoms with van der Waals surface area (Å²) in [5.41, 5.74) is 1.19. The highest BCUT2D eigenvalue weighted by molar-refractivity contribution is 6.76. The fraction of sp³-hybridized carbons (Fsp3) is 0.375. The van der Waals surface area contributed by atoms with Crippen LogP contribution in [0.1, 0.15) is 17.4 Å². The minimum Gasteiger partial charge on any atom is -0.478 e. The van der Waals surface area contributed by atoms with Crippen molar-refractivity contribution in [2.75, 3.05) is 6.61 Å². The molecule has 0 aromatic carbocycles. The molecule has 6 heteroatoms. The van der Waals surface area contributed by atoms with Crippen molar-refractivity contribution in [3.63, 3.8) is 0 Å². The van der Waals surface area contributed by atoms with Crippen molar-refractivity contribution in [2.24, 2.45) is 0 Å². The lowest BCUT2D eigenvalue weighted by Crippen LogP contribution is -2.22. The van der Waals surface area contributed by atoms with Gasteiger partial charge in [0.25, 0.3) is 0 Å². The van der Waals surface area contributed by atoms with Gasteiger partial charge in [-0.15, -0.1) is 0 Å². The van der Waals surface area contributed by atoms with Crippen molar-refractivity contribution in [2.45, 2.75) is 31.8 Å². The van der Waals surface area contributed by atoms with E-state index in [4.69, 9.17) is 16.3 Å². The van der Waals surface area contributed by atoms with Gasteiger partial charge < -0.3 is 9.84 Å². The summed E-state index contributed by atoms with van der Waals surface area (Å²) in [6.45, 7) is 7.57. The van der Waals surface area contributed by atoms with Crippen LogP contribution >= 0.6 is 11.6 Å². The van der Waals surface area contributed by atoms with Crippen LogP contribution in [0.2, 0.25) is 30.8 Å². The zero-order valence-electron chi connectivity index (χ0n) is 13.1. The third-order valence-electron chi connectivity index (χ3n) is 3.19. The molecule has 0 saturated heterocycles. The van der Waals surface area contributed by atoms with Gasteiger partial charge in [-0.25, -0.2) is 9.97 Å². The molecule has 2 rings (SSSR count). The third kappa shape index (κ3) is 5.09. The molecule has 4 nitrogen and oxygen atoms in total. The van der Waals surface area contributed by atoms with E-state index in [0.29, 0.717) is 28.9 Å². The van der Waals surface area contributed by atoms with Crippen LogP contribution in [0.15, 0.2) is 36.5 Å². The van der Waals surface area contributed by atoms with E-state index in [1.54, 1.807) is 30.5 Å². The van der Waals surface area contributed by atoms with E-state index >= 15 is 0 Å². The Morgan fingerprint density at radius 2 is 2.00 bits per heavy atom. The standard InChI is InChI=1S/C16H21ClN2O2Si/c1-22(2,3)10-9-21-15-6-4-5-13(19-15)16(20)12-7-8-14(17)18-11-12/h4-8,11,16,20H,9-10H2,1-3H3. The van der Waals surface area contributed by atoms with Crippen LogP contribution in [0.5, 0.6) is 5.88 Å². The maximum Gasteiger partial charge on any atom is 0.213 e. The van der Waals surface area contributed by atoms with Crippen molar-refractivity contribution >= 4 is 19.7 Å². The first kappa shape index (κ1) is 16.9. The van der Waals surface area contributed by atoms with Gasteiger partial charge in [-0.2, -0.15) is 0 Å². The second-order valence-electron chi connectivity index (χ2n) is 6.38. The summed E-state index contributed by atoms with van der Waals surface area (Å²) in [6, 6.07) is 9.86. The first-order valence-electron chi connectivity index (χ1n) is 7.24. The minimum absolute atomic E-state index is 0.396. The summed E-state index contributed by atoms with van der Waals surface area (Å²) in [7, 11) is -1.13. The monoisotopic (exact) mass is 336 g/mol. The normalized spacial score (nSPS) is 13.0. The number of hydrogen-bond donors (Lipinski definition) is 1. The number of halogens is 1. The molecule has 1 N–H and O–H groups in total. The quantitative estimate of drug-likeness (QED) is 0.641. The Morgan fingerprint density at radius 1 is 1.23 bits per heavy atom. The molecule has 2 aromatic heterocycles. The van der Waals surface area contributed by atoms with E-state index in [2.05, 4.69) is 29.6 Å². The van der Waals surface area contributed by atoms with Crippen LogP contribution in [0.25, 0.3) is 0 Å². The molecule has 0 aliphatic heterocycles. The highest BCUT2D eigenvalue weighted by Crippen LogP contribution is 2.22. The Morgan fingerprint density at radius 3 is 2.64 bits per heavy atom. The molecule has 0 aliphatic rings. The van der Waals surface area contributed by atoms with E-state index in [0.717, 1.165) is 6.04 Å². The number of aromatic nitrogens is 2. The molecule has 0 spiro atoms. The average Bonchev–Trinajstić information content (AvgIpc) is 2.46. The smallest absolute Gasteiger partial charge is 0.213 e. The second-order valence-corrected chi connectivity index (χ2v) is 12.4. The van der Waals surface area contributed by atoms with E-state index in [1.807, 2.05) is 6.07 Å². The number of hydrogen-bond acceptors (Lipinski definition) is 4. The molecule has 0 fully saturated rings. The molecule has 0 bridgehead atoms. The Balaban J connectivity index is 2.05. The third-order valence-corrected chi connectivity index (χ3v) is 5.12. The molecule has 0 aliphatic carbocycles. The number of ether oxygens (including phenoxy) is 1. The van der Waals surface area contributed by atoms with Crippen molar-refractivity contribution in [3.05, 3.63) is 52.9 Å². The molecule has 0 saturated carbocycles. The topological polar surface area (TPSA) is 55.2 Å². The first-order chi connectivity index (χ1) is 10.3. The summed E-state index contributed by atoms with van der Waals surface area (Å²) in [6.07, 6.45) is 0.707. The summed E-state index contributed by atoms with van der Waals surface area (Å²) in [4.78, 5) is 8.35. The minimum atomic E-state index is -1.13. The SMILES string of the molecule is C[Si](C)(C)CCOc1cccc(C(O)c2ccc(Cl)nc2)n1. The molecular weight excluding hydrogens is 316 g/mol. The number of aliphatic hydroxyl groups is 1. The highest BCUT2D eigenvalue weighted by atomic mass is 35.5. The van der Waals surface area contributed by atoms with Gasteiger partial charge in [-0.1, -0.05) is 43.4 Å². The van der Waals surface area contributed by atoms with E-state index < -0.39 is 14.2 Å². The largest absolute Gasteiger partial charge is 0.478 e. The molecule has 2 heterocycles. The van der Waals surface area contributed by atoms with Gasteiger partial charge in [0.1, 0.15) is 11.3 Å². The van der Waals surface area contributed by atoms with Crippen LogP contribution < -0.4 is 4.74 Å². The zero-order chi connectivity index (χ0) is 16.2. The van der Waals surface area contributed by atoms with Gasteiger partial charge in [0.15, 0.2) is 0 Å². The molecule has 2 aromatic rings. The maximum atomic E-state index is 10.4. The van der Waals surface area contributed by atoms with Gasteiger partial charge in [0, 0.05) is 25.9 Å². The van der Waals surface area contributed by atoms with Crippen LogP contribution in [0.3, 0.4) is 0 Å². The first-order valence-corrected chi connectivity index (χ1v) is 11.3. The Bertz CT molecular complexity index is 614. The lowest BCUT2D eigenvalue weighted by molar-refractivity contribution is 0.212. The lowest BCUT2D eigenvalue weighted by Gasteiger charge is -2.16. The molecular formula is C16H21ClN2O2Si. The molecule has 0 radical (unpaired) electrons. The van der Waals surface area contributed by atoms with Gasteiger partial charge in [-0.3, -0.25) is 0 Å². The fourth-order valence-electron chi connectivity index (χ4n) is 1.85. The molecule has 1 atom stereocenters. The van der Waals surface area contributed by atoms with E-state index in [-0.39, 0.29) is 0 Å². The van der Waals surface area contributed by atoms with Gasteiger partial charge in [-0.05, 0) is 18.2 Å². The van der Waals surface area contributed by atoms with Crippen molar-refractivity contribution in [1.29, 1.82) is 0 Å². The van der Waals surface area contributed by atoms with Gasteiger partial charge in [0.2, 0.25) is 5.88 Å².